The largest absolute Gasteiger partial charge is 0.479 e. The highest BCUT2D eigenvalue weighted by atomic mass is 19.4. The van der Waals surface area contributed by atoms with Gasteiger partial charge in [-0.25, -0.2) is 4.98 Å². The third-order valence-electron chi connectivity index (χ3n) is 4.17. The first-order valence-corrected chi connectivity index (χ1v) is 8.72. The molecule has 0 aliphatic rings. The molecule has 0 aliphatic heterocycles. The number of aromatic nitrogens is 6. The molecule has 0 bridgehead atoms. The number of ether oxygens (including phenoxy) is 1. The Morgan fingerprint density at radius 2 is 2.17 bits per heavy atom. The highest BCUT2D eigenvalue weighted by Crippen LogP contribution is 2.32. The minimum Gasteiger partial charge on any atom is -0.479 e. The van der Waals surface area contributed by atoms with Gasteiger partial charge in [-0.15, -0.1) is 21.9 Å². The number of pyridine rings is 1. The van der Waals surface area contributed by atoms with Gasteiger partial charge in [-0.2, -0.15) is 13.2 Å². The molecule has 0 radical (unpaired) electrons. The average molecular weight is 421 g/mol. The first-order valence-electron chi connectivity index (χ1n) is 8.72. The fraction of sp³-hybridized carbons (Fsp3) is 0.278. The van der Waals surface area contributed by atoms with E-state index in [-0.39, 0.29) is 28.8 Å². The molecule has 30 heavy (non-hydrogen) atoms. The Kier molecular flexibility index (Phi) is 5.85. The van der Waals surface area contributed by atoms with Crippen LogP contribution in [0.25, 0.3) is 11.5 Å². The van der Waals surface area contributed by atoms with Gasteiger partial charge in [0.15, 0.2) is 5.82 Å². The lowest BCUT2D eigenvalue weighted by molar-refractivity contribution is -0.162. The average Bonchev–Trinajstić information content (AvgIpc) is 3.34. The van der Waals surface area contributed by atoms with Gasteiger partial charge in [0.1, 0.15) is 29.4 Å². The minimum atomic E-state index is -4.48. The molecular formula is C18H18F3N7O2. The van der Waals surface area contributed by atoms with Crippen LogP contribution in [0.3, 0.4) is 0 Å². The highest BCUT2D eigenvalue weighted by Gasteiger charge is 2.38. The van der Waals surface area contributed by atoms with Crippen molar-refractivity contribution in [2.45, 2.75) is 25.7 Å². The number of carbonyl (C=O) groups is 1. The Balaban J connectivity index is 1.87. The molecule has 0 aliphatic carbocycles. The number of allylic oxidation sites excluding steroid dienone is 1. The SMILES string of the molecule is C=CCn1cc(C(=O)Nc2cccc(-c3nncn3[C@H](C)C(F)(F)F)n2)c(OC)n1. The summed E-state index contributed by atoms with van der Waals surface area (Å²) in [6.07, 6.45) is -0.400. The maximum atomic E-state index is 13.1. The molecule has 0 saturated carbocycles. The van der Waals surface area contributed by atoms with Crippen molar-refractivity contribution in [3.63, 3.8) is 0 Å². The lowest BCUT2D eigenvalue weighted by atomic mass is 10.2. The van der Waals surface area contributed by atoms with Crippen molar-refractivity contribution in [2.75, 3.05) is 12.4 Å². The smallest absolute Gasteiger partial charge is 0.408 e. The number of hydrogen-bond donors (Lipinski definition) is 1. The summed E-state index contributed by atoms with van der Waals surface area (Å²) >= 11 is 0. The van der Waals surface area contributed by atoms with Crippen LogP contribution in [0.1, 0.15) is 23.3 Å². The molecule has 0 fully saturated rings. The minimum absolute atomic E-state index is 0.0766. The first kappa shape index (κ1) is 21.0. The number of hydrogen-bond acceptors (Lipinski definition) is 6. The summed E-state index contributed by atoms with van der Waals surface area (Å²) in [4.78, 5) is 16.8. The Labute approximate surface area is 169 Å². The third-order valence-corrected chi connectivity index (χ3v) is 4.17. The highest BCUT2D eigenvalue weighted by molar-refractivity contribution is 6.05. The van der Waals surface area contributed by atoms with Crippen LogP contribution in [0, 0.1) is 0 Å². The maximum Gasteiger partial charge on any atom is 0.408 e. The summed E-state index contributed by atoms with van der Waals surface area (Å²) in [6, 6.07) is 2.66. The molecule has 3 aromatic rings. The van der Waals surface area contributed by atoms with Gasteiger partial charge in [0.25, 0.3) is 5.91 Å². The summed E-state index contributed by atoms with van der Waals surface area (Å²) in [7, 11) is 1.38. The lowest BCUT2D eigenvalue weighted by Gasteiger charge is -2.18. The fourth-order valence-corrected chi connectivity index (χ4v) is 2.62. The molecule has 1 amide bonds. The quantitative estimate of drug-likeness (QED) is 0.589. The molecule has 12 heteroatoms. The van der Waals surface area contributed by atoms with E-state index < -0.39 is 18.1 Å². The predicted molar refractivity (Wildman–Crippen MR) is 101 cm³/mol. The summed E-state index contributed by atoms with van der Waals surface area (Å²) in [6.45, 7) is 4.98. The zero-order valence-corrected chi connectivity index (χ0v) is 16.1. The van der Waals surface area contributed by atoms with E-state index in [9.17, 15) is 18.0 Å². The maximum absolute atomic E-state index is 13.1. The first-order chi connectivity index (χ1) is 14.2. The molecule has 0 saturated heterocycles. The van der Waals surface area contributed by atoms with Crippen LogP contribution < -0.4 is 10.1 Å². The van der Waals surface area contributed by atoms with Crippen LogP contribution in [0.4, 0.5) is 19.0 Å². The third kappa shape index (κ3) is 4.31. The molecule has 1 atom stereocenters. The van der Waals surface area contributed by atoms with Gasteiger partial charge < -0.3 is 14.6 Å². The number of nitrogens with one attached hydrogen (secondary N) is 1. The van der Waals surface area contributed by atoms with Crippen molar-refractivity contribution < 1.29 is 22.7 Å². The van der Waals surface area contributed by atoms with Gasteiger partial charge in [0.05, 0.1) is 13.7 Å². The van der Waals surface area contributed by atoms with E-state index in [0.717, 1.165) is 17.8 Å². The van der Waals surface area contributed by atoms with Crippen LogP contribution >= 0.6 is 0 Å². The monoisotopic (exact) mass is 421 g/mol. The van der Waals surface area contributed by atoms with Gasteiger partial charge in [-0.1, -0.05) is 12.1 Å². The van der Waals surface area contributed by atoms with E-state index in [4.69, 9.17) is 4.74 Å². The zero-order chi connectivity index (χ0) is 21.9. The van der Waals surface area contributed by atoms with Crippen molar-refractivity contribution in [3.05, 3.63) is 48.9 Å². The number of halogens is 3. The Morgan fingerprint density at radius 3 is 2.83 bits per heavy atom. The van der Waals surface area contributed by atoms with Gasteiger partial charge in [-0.3, -0.25) is 9.48 Å². The van der Waals surface area contributed by atoms with E-state index in [1.54, 1.807) is 6.08 Å². The van der Waals surface area contributed by atoms with Crippen LogP contribution in [0.15, 0.2) is 43.4 Å². The van der Waals surface area contributed by atoms with Crippen molar-refractivity contribution >= 4 is 11.7 Å². The number of amides is 1. The standard InChI is InChI=1S/C18H18F3N7O2/c1-4-8-27-9-12(17(26-27)30-3)16(29)24-14-7-5-6-13(23-14)15-25-22-10-28(15)11(2)18(19,20)21/h4-7,9-11H,1,8H2,2-3H3,(H,23,24,29)/t11-/m1/s1. The van der Waals surface area contributed by atoms with Crippen molar-refractivity contribution in [3.8, 4) is 17.4 Å². The lowest BCUT2D eigenvalue weighted by Crippen LogP contribution is -2.24. The van der Waals surface area contributed by atoms with Crippen LogP contribution in [0.5, 0.6) is 5.88 Å². The summed E-state index contributed by atoms with van der Waals surface area (Å²) in [5.41, 5.74) is 0.288. The second-order valence-electron chi connectivity index (χ2n) is 6.20. The van der Waals surface area contributed by atoms with E-state index in [0.29, 0.717) is 6.54 Å². The number of rotatable bonds is 7. The molecule has 0 spiro atoms. The van der Waals surface area contributed by atoms with Crippen molar-refractivity contribution in [1.82, 2.24) is 29.5 Å². The van der Waals surface area contributed by atoms with Crippen molar-refractivity contribution in [1.29, 1.82) is 0 Å². The zero-order valence-electron chi connectivity index (χ0n) is 16.1. The van der Waals surface area contributed by atoms with E-state index in [1.807, 2.05) is 0 Å². The molecule has 3 aromatic heterocycles. The topological polar surface area (TPSA) is 99.8 Å². The van der Waals surface area contributed by atoms with Crippen molar-refractivity contribution in [2.24, 2.45) is 0 Å². The summed E-state index contributed by atoms with van der Waals surface area (Å²) in [5.74, 6) is -0.390. The Bertz CT molecular complexity index is 1060. The Hall–Kier alpha value is -3.70. The van der Waals surface area contributed by atoms with Gasteiger partial charge >= 0.3 is 6.18 Å². The Morgan fingerprint density at radius 1 is 1.40 bits per heavy atom. The molecule has 3 rings (SSSR count). The normalized spacial score (nSPS) is 12.4. The molecule has 0 unspecified atom stereocenters. The van der Waals surface area contributed by atoms with E-state index in [2.05, 4.69) is 32.2 Å². The number of nitrogens with zero attached hydrogens (tertiary/aromatic N) is 6. The molecule has 3 heterocycles. The van der Waals surface area contributed by atoms with E-state index in [1.165, 1.54) is 36.2 Å². The second kappa shape index (κ2) is 8.35. The predicted octanol–water partition coefficient (Wildman–Crippen LogP) is 3.11. The van der Waals surface area contributed by atoms with Crippen LogP contribution in [-0.4, -0.2) is 48.7 Å². The van der Waals surface area contributed by atoms with Gasteiger partial charge in [-0.05, 0) is 19.1 Å². The van der Waals surface area contributed by atoms with Crippen LogP contribution in [0.2, 0.25) is 0 Å². The number of alkyl halides is 3. The summed E-state index contributed by atoms with van der Waals surface area (Å²) in [5, 5.41) is 14.0. The van der Waals surface area contributed by atoms with Gasteiger partial charge in [0.2, 0.25) is 5.88 Å². The fourth-order valence-electron chi connectivity index (χ4n) is 2.62. The van der Waals surface area contributed by atoms with Crippen LogP contribution in [-0.2, 0) is 6.54 Å². The number of methoxy groups -OCH3 is 1. The molecule has 1 N–H and O–H groups in total. The number of carbonyl (C=O) groups excluding carboxylic acids is 1. The van der Waals surface area contributed by atoms with E-state index >= 15 is 0 Å². The molecular weight excluding hydrogens is 403 g/mol. The molecule has 0 aromatic carbocycles. The van der Waals surface area contributed by atoms with Gasteiger partial charge in [0, 0.05) is 6.20 Å². The summed E-state index contributed by atoms with van der Waals surface area (Å²) < 4.78 is 46.7. The number of anilines is 1. The second-order valence-corrected chi connectivity index (χ2v) is 6.20. The molecule has 9 nitrogen and oxygen atoms in total. The molecule has 158 valence electrons.